The maximum atomic E-state index is 13.1. The quantitative estimate of drug-likeness (QED) is 0.578. The van der Waals surface area contributed by atoms with Gasteiger partial charge in [-0.2, -0.15) is 0 Å². The number of aryl methyl sites for hydroxylation is 2. The van der Waals surface area contributed by atoms with Gasteiger partial charge < -0.3 is 25.1 Å². The molecule has 0 spiro atoms. The number of halogens is 1. The molecule has 1 saturated carbocycles. The number of pyridine rings is 1. The standard InChI is InChI=1S/C26H32ClN3O5/c1-13-9-14(2)29-26(33)20(13)11-28-25(32)19-10-21(27)24-23(15(19)3)35-22(12-34-24)17-5-7-18(8-6-17)30-16(4)31/h9-10,17-18,22H,5-8,11-12H2,1-4H3,(H,28,32)(H,29,33)(H,30,31). The molecule has 188 valence electrons. The van der Waals surface area contributed by atoms with Gasteiger partial charge in [-0.25, -0.2) is 0 Å². The van der Waals surface area contributed by atoms with E-state index in [0.717, 1.165) is 36.9 Å². The van der Waals surface area contributed by atoms with E-state index in [-0.39, 0.29) is 36.1 Å². The number of aromatic nitrogens is 1. The molecule has 3 N–H and O–H groups in total. The summed E-state index contributed by atoms with van der Waals surface area (Å²) in [5.74, 6) is 0.896. The Labute approximate surface area is 209 Å². The Morgan fingerprint density at radius 1 is 1.11 bits per heavy atom. The average Bonchev–Trinajstić information content (AvgIpc) is 2.80. The number of nitrogens with one attached hydrogen (secondary N) is 3. The summed E-state index contributed by atoms with van der Waals surface area (Å²) >= 11 is 6.47. The molecule has 0 saturated heterocycles. The second-order valence-corrected chi connectivity index (χ2v) is 10.0. The van der Waals surface area contributed by atoms with Gasteiger partial charge >= 0.3 is 0 Å². The first-order chi connectivity index (χ1) is 16.6. The Hall–Kier alpha value is -3.00. The van der Waals surface area contributed by atoms with Crippen LogP contribution >= 0.6 is 11.6 Å². The molecule has 2 aliphatic rings. The summed E-state index contributed by atoms with van der Waals surface area (Å²) in [5.41, 5.74) is 2.92. The fourth-order valence-corrected chi connectivity index (χ4v) is 5.33. The third-order valence-corrected chi connectivity index (χ3v) is 7.25. The van der Waals surface area contributed by atoms with E-state index in [2.05, 4.69) is 15.6 Å². The summed E-state index contributed by atoms with van der Waals surface area (Å²) < 4.78 is 12.4. The molecule has 2 aromatic rings. The molecular formula is C26H32ClN3O5. The smallest absolute Gasteiger partial charge is 0.253 e. The lowest BCUT2D eigenvalue weighted by Crippen LogP contribution is -2.42. The molecule has 35 heavy (non-hydrogen) atoms. The first kappa shape index (κ1) is 25.1. The van der Waals surface area contributed by atoms with Crippen molar-refractivity contribution < 1.29 is 19.1 Å². The molecule has 9 heteroatoms. The molecule has 1 atom stereocenters. The normalized spacial score (nSPS) is 21.3. The van der Waals surface area contributed by atoms with Gasteiger partial charge in [-0.1, -0.05) is 11.6 Å². The van der Waals surface area contributed by atoms with Crippen molar-refractivity contribution in [3.63, 3.8) is 0 Å². The summed E-state index contributed by atoms with van der Waals surface area (Å²) in [5, 5.41) is 6.15. The lowest BCUT2D eigenvalue weighted by Gasteiger charge is -2.37. The van der Waals surface area contributed by atoms with Crippen LogP contribution in [0.25, 0.3) is 0 Å². The highest BCUT2D eigenvalue weighted by molar-refractivity contribution is 6.32. The third kappa shape index (κ3) is 5.48. The van der Waals surface area contributed by atoms with Crippen LogP contribution in [0.15, 0.2) is 16.9 Å². The number of hydrogen-bond donors (Lipinski definition) is 3. The Morgan fingerprint density at radius 3 is 2.49 bits per heavy atom. The summed E-state index contributed by atoms with van der Waals surface area (Å²) in [7, 11) is 0. The average molecular weight is 502 g/mol. The molecule has 4 rings (SSSR count). The van der Waals surface area contributed by atoms with Crippen LogP contribution in [0.5, 0.6) is 11.5 Å². The van der Waals surface area contributed by atoms with E-state index in [0.29, 0.717) is 45.7 Å². The number of fused-ring (bicyclic) bond motifs is 1. The number of amides is 2. The molecule has 1 aliphatic carbocycles. The number of ether oxygens (including phenoxy) is 2. The monoisotopic (exact) mass is 501 g/mol. The minimum absolute atomic E-state index is 0.00199. The molecule has 1 fully saturated rings. The minimum atomic E-state index is -0.340. The Morgan fingerprint density at radius 2 is 1.83 bits per heavy atom. The highest BCUT2D eigenvalue weighted by atomic mass is 35.5. The van der Waals surface area contributed by atoms with Crippen molar-refractivity contribution in [2.45, 2.75) is 72.1 Å². The zero-order valence-corrected chi connectivity index (χ0v) is 21.3. The van der Waals surface area contributed by atoms with Gasteiger partial charge in [0, 0.05) is 41.9 Å². The molecule has 1 unspecified atom stereocenters. The molecule has 2 heterocycles. The van der Waals surface area contributed by atoms with Gasteiger partial charge in [0.1, 0.15) is 12.7 Å². The van der Waals surface area contributed by atoms with E-state index in [1.807, 2.05) is 26.8 Å². The molecule has 2 amide bonds. The summed E-state index contributed by atoms with van der Waals surface area (Å²) in [4.78, 5) is 39.5. The number of carbonyl (C=O) groups excluding carboxylic acids is 2. The Bertz CT molecular complexity index is 1200. The minimum Gasteiger partial charge on any atom is -0.484 e. The van der Waals surface area contributed by atoms with Crippen LogP contribution in [0.1, 0.15) is 65.3 Å². The van der Waals surface area contributed by atoms with Gasteiger partial charge in [0.05, 0.1) is 5.02 Å². The van der Waals surface area contributed by atoms with Gasteiger partial charge in [-0.15, -0.1) is 0 Å². The Kier molecular flexibility index (Phi) is 7.40. The fraction of sp³-hybridized carbons (Fsp3) is 0.500. The van der Waals surface area contributed by atoms with Crippen LogP contribution in [-0.4, -0.2) is 35.6 Å². The third-order valence-electron chi connectivity index (χ3n) is 6.97. The second kappa shape index (κ2) is 10.3. The van der Waals surface area contributed by atoms with Crippen molar-refractivity contribution >= 4 is 23.4 Å². The summed E-state index contributed by atoms with van der Waals surface area (Å²) in [6, 6.07) is 3.66. The number of H-pyrrole nitrogens is 1. The zero-order chi connectivity index (χ0) is 25.3. The van der Waals surface area contributed by atoms with Gasteiger partial charge in [0.25, 0.3) is 11.5 Å². The topological polar surface area (TPSA) is 110 Å². The second-order valence-electron chi connectivity index (χ2n) is 9.59. The maximum Gasteiger partial charge on any atom is 0.253 e. The predicted octanol–water partition coefficient (Wildman–Crippen LogP) is 3.72. The summed E-state index contributed by atoms with van der Waals surface area (Å²) in [6.45, 7) is 7.52. The molecule has 0 bridgehead atoms. The number of hydrogen-bond acceptors (Lipinski definition) is 5. The van der Waals surface area contributed by atoms with Crippen molar-refractivity contribution in [2.75, 3.05) is 6.61 Å². The van der Waals surface area contributed by atoms with Gasteiger partial charge in [0.15, 0.2) is 11.5 Å². The maximum absolute atomic E-state index is 13.1. The predicted molar refractivity (Wildman–Crippen MR) is 133 cm³/mol. The van der Waals surface area contributed by atoms with Crippen LogP contribution in [-0.2, 0) is 11.3 Å². The molecule has 8 nitrogen and oxygen atoms in total. The number of rotatable bonds is 5. The van der Waals surface area contributed by atoms with Crippen molar-refractivity contribution in [1.82, 2.24) is 15.6 Å². The van der Waals surface area contributed by atoms with E-state index in [9.17, 15) is 14.4 Å². The van der Waals surface area contributed by atoms with Crippen LogP contribution in [0.2, 0.25) is 5.02 Å². The van der Waals surface area contributed by atoms with Crippen LogP contribution in [0, 0.1) is 26.7 Å². The molecule has 1 aromatic heterocycles. The first-order valence-electron chi connectivity index (χ1n) is 12.0. The van der Waals surface area contributed by atoms with Crippen molar-refractivity contribution in [3.05, 3.63) is 55.5 Å². The SMILES string of the molecule is CC(=O)NC1CCC(C2COc3c(Cl)cc(C(=O)NCc4c(C)cc(C)[nH]c4=O)c(C)c3O2)CC1. The largest absolute Gasteiger partial charge is 0.484 e. The van der Waals surface area contributed by atoms with E-state index >= 15 is 0 Å². The Balaban J connectivity index is 1.48. The number of benzene rings is 1. The molecule has 1 aliphatic heterocycles. The fourth-order valence-electron chi connectivity index (χ4n) is 5.08. The van der Waals surface area contributed by atoms with Gasteiger partial charge in [-0.3, -0.25) is 14.4 Å². The number of carbonyl (C=O) groups is 2. The molecular weight excluding hydrogens is 470 g/mol. The first-order valence-corrected chi connectivity index (χ1v) is 12.4. The van der Waals surface area contributed by atoms with Crippen LogP contribution < -0.4 is 25.7 Å². The van der Waals surface area contributed by atoms with Crippen molar-refractivity contribution in [1.29, 1.82) is 0 Å². The van der Waals surface area contributed by atoms with Crippen LogP contribution in [0.3, 0.4) is 0 Å². The van der Waals surface area contributed by atoms with E-state index in [4.69, 9.17) is 21.1 Å². The molecule has 0 radical (unpaired) electrons. The molecule has 1 aromatic carbocycles. The zero-order valence-electron chi connectivity index (χ0n) is 20.5. The van der Waals surface area contributed by atoms with E-state index in [1.165, 1.54) is 0 Å². The van der Waals surface area contributed by atoms with E-state index in [1.54, 1.807) is 13.0 Å². The van der Waals surface area contributed by atoms with Gasteiger partial charge in [-0.05, 0) is 70.1 Å². The van der Waals surface area contributed by atoms with E-state index < -0.39 is 0 Å². The highest BCUT2D eigenvalue weighted by Gasteiger charge is 2.35. The number of aromatic amines is 1. The highest BCUT2D eigenvalue weighted by Crippen LogP contribution is 2.44. The van der Waals surface area contributed by atoms with Crippen molar-refractivity contribution in [2.24, 2.45) is 5.92 Å². The summed E-state index contributed by atoms with van der Waals surface area (Å²) in [6.07, 6.45) is 3.49. The lowest BCUT2D eigenvalue weighted by molar-refractivity contribution is -0.120. The van der Waals surface area contributed by atoms with Crippen molar-refractivity contribution in [3.8, 4) is 11.5 Å². The van der Waals surface area contributed by atoms with Crippen LogP contribution in [0.4, 0.5) is 0 Å². The van der Waals surface area contributed by atoms with Gasteiger partial charge in [0.2, 0.25) is 5.91 Å². The lowest BCUT2D eigenvalue weighted by atomic mass is 9.82.